The molecule has 2 aromatic carbocycles. The molecular formula is C16H14I2O3. The number of carboxylic acids is 1. The zero-order chi connectivity index (χ0) is 15.4. The van der Waals surface area contributed by atoms with Gasteiger partial charge in [-0.25, -0.2) is 0 Å². The third-order valence-corrected chi connectivity index (χ3v) is 4.80. The Hall–Kier alpha value is -0.830. The fraction of sp³-hybridized carbons (Fsp3) is 0.188. The van der Waals surface area contributed by atoms with Crippen LogP contribution in [0.4, 0.5) is 0 Å². The topological polar surface area (TPSA) is 46.5 Å². The molecule has 1 atom stereocenters. The van der Waals surface area contributed by atoms with Crippen molar-refractivity contribution in [3.05, 3.63) is 60.7 Å². The van der Waals surface area contributed by atoms with E-state index in [0.29, 0.717) is 6.42 Å². The third kappa shape index (κ3) is 4.09. The summed E-state index contributed by atoms with van der Waals surface area (Å²) in [6.07, 6.45) is 0.468. The molecule has 0 amide bonds. The summed E-state index contributed by atoms with van der Waals surface area (Å²) in [6, 6.07) is 13.3. The highest BCUT2D eigenvalue weighted by atomic mass is 127. The molecule has 2 aromatic rings. The van der Waals surface area contributed by atoms with Gasteiger partial charge in [0.2, 0.25) is 0 Å². The minimum atomic E-state index is -0.804. The Morgan fingerprint density at radius 3 is 2.24 bits per heavy atom. The molecule has 110 valence electrons. The number of carboxylic acid groups (broad SMARTS) is 1. The molecule has 21 heavy (non-hydrogen) atoms. The number of carbonyl (C=O) groups is 1. The minimum absolute atomic E-state index is 0.468. The van der Waals surface area contributed by atoms with Gasteiger partial charge in [0.25, 0.3) is 0 Å². The molecule has 0 saturated carbocycles. The minimum Gasteiger partial charge on any atom is -0.495 e. The highest BCUT2D eigenvalue weighted by Gasteiger charge is 2.21. The number of hydrogen-bond acceptors (Lipinski definition) is 2. The van der Waals surface area contributed by atoms with Gasteiger partial charge in [-0.2, -0.15) is 0 Å². The van der Waals surface area contributed by atoms with Crippen molar-refractivity contribution in [2.24, 2.45) is 0 Å². The van der Waals surface area contributed by atoms with Gasteiger partial charge in [0.1, 0.15) is 5.75 Å². The van der Waals surface area contributed by atoms with Crippen LogP contribution in [0.2, 0.25) is 0 Å². The van der Waals surface area contributed by atoms with E-state index in [4.69, 9.17) is 4.74 Å². The van der Waals surface area contributed by atoms with E-state index in [2.05, 4.69) is 45.2 Å². The number of methoxy groups -OCH3 is 1. The first-order chi connectivity index (χ1) is 10.0. The van der Waals surface area contributed by atoms with Crippen LogP contribution < -0.4 is 4.74 Å². The normalized spacial score (nSPS) is 12.0. The molecule has 0 radical (unpaired) electrons. The predicted octanol–water partition coefficient (Wildman–Crippen LogP) is 4.32. The Bertz CT molecular complexity index is 618. The maximum Gasteiger partial charge on any atom is 0.311 e. The SMILES string of the molecule is COc1c(I)cc(C[C@H](C(=O)O)c2ccccc2)cc1I. The number of hydrogen-bond donors (Lipinski definition) is 1. The van der Waals surface area contributed by atoms with Crippen LogP contribution in [-0.4, -0.2) is 18.2 Å². The molecule has 0 aliphatic heterocycles. The molecule has 5 heteroatoms. The standard InChI is InChI=1S/C16H14I2O3/c1-21-15-13(17)8-10(9-14(15)18)7-12(16(19)20)11-5-3-2-4-6-11/h2-6,8-9,12H,7H2,1H3,(H,19,20)/t12-/m0/s1. The highest BCUT2D eigenvalue weighted by molar-refractivity contribution is 14.1. The zero-order valence-electron chi connectivity index (χ0n) is 11.3. The van der Waals surface area contributed by atoms with Crippen molar-refractivity contribution in [3.63, 3.8) is 0 Å². The number of ether oxygens (including phenoxy) is 1. The maximum atomic E-state index is 11.6. The van der Waals surface area contributed by atoms with Crippen molar-refractivity contribution in [1.29, 1.82) is 0 Å². The first-order valence-corrected chi connectivity index (χ1v) is 8.48. The van der Waals surface area contributed by atoms with Gasteiger partial charge in [0, 0.05) is 0 Å². The van der Waals surface area contributed by atoms with Crippen LogP contribution in [0.15, 0.2) is 42.5 Å². The van der Waals surface area contributed by atoms with Gasteiger partial charge >= 0.3 is 5.97 Å². The van der Waals surface area contributed by atoms with E-state index in [1.54, 1.807) is 7.11 Å². The number of halogens is 2. The first kappa shape index (κ1) is 16.5. The van der Waals surface area contributed by atoms with Crippen LogP contribution in [-0.2, 0) is 11.2 Å². The summed E-state index contributed by atoms with van der Waals surface area (Å²) in [5, 5.41) is 9.50. The van der Waals surface area contributed by atoms with Crippen molar-refractivity contribution in [2.75, 3.05) is 7.11 Å². The lowest BCUT2D eigenvalue weighted by Gasteiger charge is -2.15. The summed E-state index contributed by atoms with van der Waals surface area (Å²) in [6.45, 7) is 0. The smallest absolute Gasteiger partial charge is 0.311 e. The van der Waals surface area contributed by atoms with E-state index in [9.17, 15) is 9.90 Å². The average Bonchev–Trinajstić information content (AvgIpc) is 2.45. The van der Waals surface area contributed by atoms with Gasteiger partial charge in [0.15, 0.2) is 0 Å². The molecule has 2 rings (SSSR count). The van der Waals surface area contributed by atoms with Crippen molar-refractivity contribution in [1.82, 2.24) is 0 Å². The Kier molecular flexibility index (Phi) is 5.86. The summed E-state index contributed by atoms with van der Waals surface area (Å²) in [5.74, 6) is -0.500. The molecule has 0 heterocycles. The molecule has 3 nitrogen and oxygen atoms in total. The fourth-order valence-electron chi connectivity index (χ4n) is 2.19. The Balaban J connectivity index is 2.32. The van der Waals surface area contributed by atoms with Crippen LogP contribution in [0.5, 0.6) is 5.75 Å². The molecule has 0 fully saturated rings. The summed E-state index contributed by atoms with van der Waals surface area (Å²) in [4.78, 5) is 11.6. The van der Waals surface area contributed by atoms with Gasteiger partial charge in [-0.05, 0) is 74.9 Å². The number of rotatable bonds is 5. The lowest BCUT2D eigenvalue weighted by Crippen LogP contribution is -2.14. The molecule has 0 spiro atoms. The van der Waals surface area contributed by atoms with Crippen LogP contribution in [0.3, 0.4) is 0 Å². The van der Waals surface area contributed by atoms with E-state index >= 15 is 0 Å². The lowest BCUT2D eigenvalue weighted by atomic mass is 9.92. The second kappa shape index (κ2) is 7.44. The van der Waals surface area contributed by atoms with Gasteiger partial charge < -0.3 is 9.84 Å². The summed E-state index contributed by atoms with van der Waals surface area (Å²) >= 11 is 4.43. The Labute approximate surface area is 151 Å². The highest BCUT2D eigenvalue weighted by Crippen LogP contribution is 2.31. The van der Waals surface area contributed by atoms with Crippen molar-refractivity contribution in [2.45, 2.75) is 12.3 Å². The average molecular weight is 508 g/mol. The Morgan fingerprint density at radius 1 is 1.19 bits per heavy atom. The molecule has 1 N–H and O–H groups in total. The third-order valence-electron chi connectivity index (χ3n) is 3.20. The maximum absolute atomic E-state index is 11.6. The quantitative estimate of drug-likeness (QED) is 0.613. The fourth-order valence-corrected chi connectivity index (χ4v) is 4.53. The van der Waals surface area contributed by atoms with Crippen molar-refractivity contribution >= 4 is 51.2 Å². The number of aliphatic carboxylic acids is 1. The van der Waals surface area contributed by atoms with E-state index in [1.807, 2.05) is 42.5 Å². The molecular weight excluding hydrogens is 494 g/mol. The van der Waals surface area contributed by atoms with Crippen LogP contribution >= 0.6 is 45.2 Å². The second-order valence-electron chi connectivity index (χ2n) is 4.60. The van der Waals surface area contributed by atoms with E-state index < -0.39 is 11.9 Å². The molecule has 0 aliphatic rings. The van der Waals surface area contributed by atoms with E-state index in [0.717, 1.165) is 24.0 Å². The molecule has 0 saturated heterocycles. The first-order valence-electron chi connectivity index (χ1n) is 6.32. The molecule has 0 unspecified atom stereocenters. The number of benzene rings is 2. The molecule has 0 bridgehead atoms. The summed E-state index contributed by atoms with van der Waals surface area (Å²) in [5.41, 5.74) is 1.83. The van der Waals surface area contributed by atoms with E-state index in [1.165, 1.54) is 0 Å². The van der Waals surface area contributed by atoms with Crippen molar-refractivity contribution in [3.8, 4) is 5.75 Å². The summed E-state index contributed by atoms with van der Waals surface area (Å²) in [7, 11) is 1.64. The zero-order valence-corrected chi connectivity index (χ0v) is 15.7. The van der Waals surface area contributed by atoms with Crippen LogP contribution in [0, 0.1) is 7.14 Å². The van der Waals surface area contributed by atoms with Gasteiger partial charge in [-0.3, -0.25) is 4.79 Å². The predicted molar refractivity (Wildman–Crippen MR) is 99.0 cm³/mol. The molecule has 0 aliphatic carbocycles. The van der Waals surface area contributed by atoms with E-state index in [-0.39, 0.29) is 0 Å². The van der Waals surface area contributed by atoms with Crippen molar-refractivity contribution < 1.29 is 14.6 Å². The summed E-state index contributed by atoms with van der Waals surface area (Å²) < 4.78 is 7.33. The second-order valence-corrected chi connectivity index (χ2v) is 6.92. The van der Waals surface area contributed by atoms with Crippen LogP contribution in [0.1, 0.15) is 17.0 Å². The van der Waals surface area contributed by atoms with Gasteiger partial charge in [-0.15, -0.1) is 0 Å². The van der Waals surface area contributed by atoms with Gasteiger partial charge in [0.05, 0.1) is 20.2 Å². The monoisotopic (exact) mass is 508 g/mol. The van der Waals surface area contributed by atoms with Crippen LogP contribution in [0.25, 0.3) is 0 Å². The van der Waals surface area contributed by atoms with Gasteiger partial charge in [-0.1, -0.05) is 30.3 Å². The lowest BCUT2D eigenvalue weighted by molar-refractivity contribution is -0.138. The Morgan fingerprint density at radius 2 is 1.76 bits per heavy atom. The largest absolute Gasteiger partial charge is 0.495 e. The molecule has 0 aromatic heterocycles.